The number of benzene rings is 6. The maximum absolute atomic E-state index is 13.5. The smallest absolute Gasteiger partial charge is 0.289 e. The third-order valence-corrected chi connectivity index (χ3v) is 35.0. The van der Waals surface area contributed by atoms with Crippen LogP contribution in [0.2, 0.25) is 0 Å². The molecule has 620 valence electrons. The topological polar surface area (TPSA) is 321 Å². The van der Waals surface area contributed by atoms with Gasteiger partial charge in [0.1, 0.15) is 17.3 Å². The van der Waals surface area contributed by atoms with Crippen LogP contribution in [0.3, 0.4) is 0 Å². The van der Waals surface area contributed by atoms with Crippen LogP contribution in [0.15, 0.2) is 106 Å². The molecule has 116 heavy (non-hydrogen) atoms. The number of nitrogens with zero attached hydrogens (tertiary/aromatic N) is 3. The largest absolute Gasteiger partial charge is 0.385 e. The van der Waals surface area contributed by atoms with Crippen molar-refractivity contribution in [1.82, 2.24) is 15.2 Å². The predicted octanol–water partition coefficient (Wildman–Crippen LogP) is 15.1. The lowest BCUT2D eigenvalue weighted by molar-refractivity contribution is -0.128. The molecule has 4 aliphatic heterocycles. The van der Waals surface area contributed by atoms with Gasteiger partial charge in [0.05, 0.1) is 86.2 Å². The zero-order chi connectivity index (χ0) is 82.5. The summed E-state index contributed by atoms with van der Waals surface area (Å²) in [7, 11) is -11.6. The van der Waals surface area contributed by atoms with E-state index >= 15 is 0 Å². The first-order valence-electron chi connectivity index (χ1n) is 40.4. The molecule has 0 radical (unpaired) electrons. The van der Waals surface area contributed by atoms with Crippen molar-refractivity contribution in [2.45, 2.75) is 184 Å². The van der Waals surface area contributed by atoms with E-state index in [-0.39, 0.29) is 74.6 Å². The molecule has 0 aromatic heterocycles. The summed E-state index contributed by atoms with van der Waals surface area (Å²) in [6, 6.07) is 25.9. The molecule has 11 aliphatic rings. The lowest BCUT2D eigenvalue weighted by Crippen LogP contribution is -2.46. The Kier molecular flexibility index (Phi) is 23.4. The highest BCUT2D eigenvalue weighted by atomic mass is 32.2. The summed E-state index contributed by atoms with van der Waals surface area (Å²) in [5, 5.41) is 4.90. The Morgan fingerprint density at radius 2 is 0.776 bits per heavy atom. The van der Waals surface area contributed by atoms with Gasteiger partial charge >= 0.3 is 0 Å². The number of imide groups is 3. The van der Waals surface area contributed by atoms with E-state index in [9.17, 15) is 68.4 Å². The van der Waals surface area contributed by atoms with Gasteiger partial charge in [-0.25, -0.2) is 0 Å². The molecule has 1 saturated heterocycles. The highest BCUT2D eigenvalue weighted by Gasteiger charge is 2.68. The summed E-state index contributed by atoms with van der Waals surface area (Å²) in [6.45, 7) is 14.1. The van der Waals surface area contributed by atoms with Crippen molar-refractivity contribution in [2.75, 3.05) is 68.1 Å². The fourth-order valence-corrected chi connectivity index (χ4v) is 29.1. The van der Waals surface area contributed by atoms with Crippen LogP contribution in [-0.2, 0) is 71.8 Å². The second kappa shape index (κ2) is 32.3. The van der Waals surface area contributed by atoms with Crippen molar-refractivity contribution >= 4 is 151 Å². The highest BCUT2D eigenvalue weighted by Crippen LogP contribution is 2.67. The summed E-state index contributed by atoms with van der Waals surface area (Å²) in [6.07, 6.45) is 16.6. The van der Waals surface area contributed by atoms with Crippen molar-refractivity contribution in [2.24, 2.45) is 56.2 Å². The zero-order valence-electron chi connectivity index (χ0n) is 66.4. The maximum Gasteiger partial charge on any atom is 0.289 e. The molecule has 8 fully saturated rings. The second-order valence-electron chi connectivity index (χ2n) is 34.8. The van der Waals surface area contributed by atoms with Crippen LogP contribution >= 0.6 is 35.3 Å². The van der Waals surface area contributed by atoms with Gasteiger partial charge in [-0.2, -0.15) is 25.3 Å². The Labute approximate surface area is 689 Å². The van der Waals surface area contributed by atoms with Crippen molar-refractivity contribution in [1.29, 1.82) is 0 Å². The number of amides is 6. The van der Waals surface area contributed by atoms with Crippen LogP contribution in [0.4, 0.5) is 0 Å². The van der Waals surface area contributed by atoms with Gasteiger partial charge in [-0.05, 0) is 193 Å². The molecule has 17 rings (SSSR count). The summed E-state index contributed by atoms with van der Waals surface area (Å²) in [5.41, 5.74) is -3.40. The number of hydroxylamine groups is 6. The van der Waals surface area contributed by atoms with E-state index < -0.39 is 116 Å². The molecule has 6 bridgehead atoms. The molecule has 7 unspecified atom stereocenters. The van der Waals surface area contributed by atoms with Gasteiger partial charge < -0.3 is 14.2 Å². The van der Waals surface area contributed by atoms with Crippen molar-refractivity contribution in [3.05, 3.63) is 124 Å². The molecule has 0 N–H and O–H groups in total. The molecule has 7 saturated carbocycles. The molecule has 30 heteroatoms. The monoisotopic (exact) mass is 1700 g/mol. The number of fused-ring (bicyclic) bond motifs is 6. The van der Waals surface area contributed by atoms with Gasteiger partial charge in [0.15, 0.2) is 0 Å². The van der Waals surface area contributed by atoms with E-state index in [2.05, 4.69) is 0 Å². The van der Waals surface area contributed by atoms with Crippen LogP contribution < -0.4 is 0 Å². The number of methoxy groups -OCH3 is 1. The number of Topliss-reactive ketones (excluding diaryl/α,β-unsaturated/α-hetero) is 3. The number of hydrogen-bond donors (Lipinski definition) is 0. The molecule has 7 atom stereocenters. The van der Waals surface area contributed by atoms with Crippen molar-refractivity contribution in [3.63, 3.8) is 0 Å². The van der Waals surface area contributed by atoms with Gasteiger partial charge in [0.2, 0.25) is 0 Å². The van der Waals surface area contributed by atoms with Crippen molar-refractivity contribution in [3.8, 4) is 0 Å². The fraction of sp³-hybridized carbons (Fsp3) is 0.547. The SMILES string of the molecule is CC1(C)C2CCC1(CS(=O)(=O)ON1C(=O)c3cccc4c(SCCC5CCCCC5)ccc(c34)C1=O)C(=O)C2.CC1(C)C2CCC1(CS(=O)(=O)ON1C(=O)c3cccc4c(SCCOCC5CCCO5)ccc(c34)C1=O)C(=O)C2.COCCCCSc1ccc2c3c(cccc13)C(=O)N(OS(=O)(=O)CC13CCC(CC1=O)C3(C)C)C2=O. The molecule has 7 aliphatic carbocycles. The minimum Gasteiger partial charge on any atom is -0.385 e. The Balaban J connectivity index is 0.000000137. The zero-order valence-corrected chi connectivity index (χ0v) is 71.3. The summed E-state index contributed by atoms with van der Waals surface area (Å²) >= 11 is 4.94. The minimum atomic E-state index is -4.45. The Morgan fingerprint density at radius 1 is 0.414 bits per heavy atom. The fourth-order valence-electron chi connectivity index (χ4n) is 20.9. The predicted molar refractivity (Wildman–Crippen MR) is 438 cm³/mol. The first kappa shape index (κ1) is 84.2. The standard InChI is InChI=1S/C30H35NO6S2.C29H33NO8S2.C27H31NO7S2/c1-29(2)20-13-15-30(29,25(32)17-20)18-39(35,36)37-31-27(33)22-10-6-9-21-24(12-11-23(26(21)22)28(31)34)38-16-14-19-7-4-3-5-8-19;1-28(2)18-10-11-29(28,24(31)15-18)17-40(34,35)38-30-26(32)21-7-3-6-20-23(9-8-22(25(20)21)27(30)33)39-14-13-36-16-19-5-4-12-37-19;1-26(2)17-11-12-27(26,22(29)15-17)16-37(32,33)35-28-24(30)19-8-6-7-18-21(36-14-5-4-13-34-3)10-9-20(23(18)19)25(28)31/h6,9-12,19-20H,3-5,7-8,13-18H2,1-2H3;3,6-9,18-19H,4-5,10-17H2,1-2H3;6-10,17H,4-5,11-16H2,1-3H3. The Morgan fingerprint density at radius 3 is 1.11 bits per heavy atom. The van der Waals surface area contributed by atoms with E-state index in [4.69, 9.17) is 27.1 Å². The van der Waals surface area contributed by atoms with Gasteiger partial charge in [0, 0.05) is 76.2 Å². The lowest BCUT2D eigenvalue weighted by atomic mass is 9.70. The van der Waals surface area contributed by atoms with E-state index in [1.807, 2.05) is 71.9 Å². The average Bonchev–Trinajstić information content (AvgIpc) is 1.48. The Hall–Kier alpha value is -6.81. The summed E-state index contributed by atoms with van der Waals surface area (Å²) in [4.78, 5) is 122. The van der Waals surface area contributed by atoms with E-state index in [1.54, 1.807) is 103 Å². The quantitative estimate of drug-likeness (QED) is 0.0250. The van der Waals surface area contributed by atoms with E-state index in [0.717, 1.165) is 106 Å². The number of unbranched alkanes of at least 4 members (excludes halogenated alkanes) is 1. The second-order valence-corrected chi connectivity index (χ2v) is 42.9. The third-order valence-electron chi connectivity index (χ3n) is 28.1. The number of carbonyl (C=O) groups excluding carboxylic acids is 9. The van der Waals surface area contributed by atoms with Gasteiger partial charge in [-0.3, -0.25) is 43.2 Å². The van der Waals surface area contributed by atoms with Gasteiger partial charge in [-0.15, -0.1) is 63.3 Å². The lowest BCUT2D eigenvalue weighted by Gasteiger charge is -2.36. The van der Waals surface area contributed by atoms with E-state index in [0.29, 0.717) is 95.4 Å². The number of thioether (sulfide) groups is 3. The average molecular weight is 1700 g/mol. The molecule has 6 aromatic carbocycles. The molecule has 24 nitrogen and oxygen atoms in total. The molecular formula is C86H99N3O21S6. The normalized spacial score (nSPS) is 26.2. The summed E-state index contributed by atoms with van der Waals surface area (Å²) in [5.74, 6) is -3.16. The first-order chi connectivity index (χ1) is 55.1. The molecular weight excluding hydrogens is 1600 g/mol. The van der Waals surface area contributed by atoms with Crippen LogP contribution in [0.1, 0.15) is 226 Å². The van der Waals surface area contributed by atoms with Gasteiger partial charge in [0.25, 0.3) is 65.8 Å². The number of carbonyl (C=O) groups is 9. The minimum absolute atomic E-state index is 0.0733. The number of ketones is 3. The maximum atomic E-state index is 13.5. The Bertz CT molecular complexity index is 5360. The van der Waals surface area contributed by atoms with Crippen LogP contribution in [0.5, 0.6) is 0 Å². The summed E-state index contributed by atoms with van der Waals surface area (Å²) < 4.78 is 112. The number of rotatable bonds is 28. The van der Waals surface area contributed by atoms with Gasteiger partial charge in [-0.1, -0.05) is 110 Å². The van der Waals surface area contributed by atoms with Crippen LogP contribution in [0.25, 0.3) is 32.3 Å². The van der Waals surface area contributed by atoms with Crippen LogP contribution in [-0.4, -0.2) is 167 Å². The third kappa shape index (κ3) is 15.0. The highest BCUT2D eigenvalue weighted by molar-refractivity contribution is 8.00. The van der Waals surface area contributed by atoms with Crippen LogP contribution in [0, 0.1) is 56.2 Å². The molecule has 6 amide bonds. The number of hydrogen-bond acceptors (Lipinski definition) is 24. The molecule has 6 aromatic rings. The molecule has 0 spiro atoms. The van der Waals surface area contributed by atoms with Crippen molar-refractivity contribution < 1.29 is 95.5 Å². The van der Waals surface area contributed by atoms with E-state index in [1.165, 1.54) is 32.1 Å². The number of ether oxygens (including phenoxy) is 3. The first-order valence-corrected chi connectivity index (χ1v) is 48.1. The molecule has 4 heterocycles.